The van der Waals surface area contributed by atoms with Gasteiger partial charge in [-0.15, -0.1) is 0 Å². The van der Waals surface area contributed by atoms with Gasteiger partial charge in [-0.25, -0.2) is 23.7 Å². The van der Waals surface area contributed by atoms with Gasteiger partial charge in [0.15, 0.2) is 0 Å². The first-order chi connectivity index (χ1) is 14.3. The molecule has 30 heavy (non-hydrogen) atoms. The molecule has 8 nitrogen and oxygen atoms in total. The number of nitrogens with two attached hydrogens (primary N) is 1. The highest BCUT2D eigenvalue weighted by atomic mass is 19.3. The molecular formula is C20H27F2N7O. The van der Waals surface area contributed by atoms with Crippen molar-refractivity contribution in [2.24, 2.45) is 0 Å². The van der Waals surface area contributed by atoms with Gasteiger partial charge < -0.3 is 20.3 Å². The van der Waals surface area contributed by atoms with E-state index >= 15 is 0 Å². The molecule has 2 aromatic heterocycles. The molecule has 0 aromatic carbocycles. The Hall–Kier alpha value is -2.62. The number of anilines is 3. The van der Waals surface area contributed by atoms with E-state index in [0.29, 0.717) is 43.3 Å². The van der Waals surface area contributed by atoms with Crippen molar-refractivity contribution >= 4 is 17.7 Å². The summed E-state index contributed by atoms with van der Waals surface area (Å²) in [5, 5.41) is 0. The number of nitrogen functional groups attached to an aromatic ring is 1. The molecule has 0 amide bonds. The van der Waals surface area contributed by atoms with Gasteiger partial charge in [0.2, 0.25) is 17.8 Å². The standard InChI is InChI=1S/C20H27F2N7O/c1-13-12-30-14(2)11-29(13)17-8-16(15-9-24-18(23)25-10-15)26-19(27-17)28-6-3-4-20(21,22)5-7-28/h8-10,13-14H,3-7,11-12H2,1-2H3,(H2,23,24,25)/t13-,14-/m0/s1. The van der Waals surface area contributed by atoms with E-state index in [-0.39, 0.29) is 37.5 Å². The Balaban J connectivity index is 1.73. The summed E-state index contributed by atoms with van der Waals surface area (Å²) in [5.41, 5.74) is 6.95. The molecule has 2 atom stereocenters. The number of halogens is 2. The molecule has 0 aliphatic carbocycles. The average molecular weight is 419 g/mol. The van der Waals surface area contributed by atoms with Crippen molar-refractivity contribution in [3.63, 3.8) is 0 Å². The van der Waals surface area contributed by atoms with Gasteiger partial charge in [-0.05, 0) is 20.3 Å². The fourth-order valence-electron chi connectivity index (χ4n) is 3.82. The second kappa shape index (κ2) is 8.25. The van der Waals surface area contributed by atoms with Gasteiger partial charge in [-0.3, -0.25) is 0 Å². The van der Waals surface area contributed by atoms with Gasteiger partial charge in [0.1, 0.15) is 5.82 Å². The van der Waals surface area contributed by atoms with Crippen LogP contribution in [-0.2, 0) is 4.74 Å². The molecule has 0 spiro atoms. The highest BCUT2D eigenvalue weighted by Crippen LogP contribution is 2.31. The molecule has 0 saturated carbocycles. The summed E-state index contributed by atoms with van der Waals surface area (Å²) in [4.78, 5) is 21.6. The quantitative estimate of drug-likeness (QED) is 0.812. The predicted molar refractivity (Wildman–Crippen MR) is 111 cm³/mol. The lowest BCUT2D eigenvalue weighted by atomic mass is 10.1. The molecule has 2 fully saturated rings. The lowest BCUT2D eigenvalue weighted by Crippen LogP contribution is -2.48. The summed E-state index contributed by atoms with van der Waals surface area (Å²) in [7, 11) is 0. The van der Waals surface area contributed by atoms with E-state index in [9.17, 15) is 8.78 Å². The summed E-state index contributed by atoms with van der Waals surface area (Å²) in [6.45, 7) is 6.08. The summed E-state index contributed by atoms with van der Waals surface area (Å²) >= 11 is 0. The fraction of sp³-hybridized carbons (Fsp3) is 0.600. The zero-order valence-corrected chi connectivity index (χ0v) is 17.3. The van der Waals surface area contributed by atoms with Crippen LogP contribution in [0.5, 0.6) is 0 Å². The third kappa shape index (κ3) is 4.58. The molecule has 0 bridgehead atoms. The van der Waals surface area contributed by atoms with Gasteiger partial charge >= 0.3 is 0 Å². The minimum Gasteiger partial charge on any atom is -0.375 e. The van der Waals surface area contributed by atoms with E-state index in [2.05, 4.69) is 26.8 Å². The number of alkyl halides is 2. The largest absolute Gasteiger partial charge is 0.375 e. The van der Waals surface area contributed by atoms with Crippen LogP contribution in [0.4, 0.5) is 26.5 Å². The molecule has 0 unspecified atom stereocenters. The number of morpholine rings is 1. The van der Waals surface area contributed by atoms with Crippen LogP contribution in [0, 0.1) is 0 Å². The first-order valence-corrected chi connectivity index (χ1v) is 10.3. The van der Waals surface area contributed by atoms with Crippen LogP contribution in [0.25, 0.3) is 11.3 Å². The van der Waals surface area contributed by atoms with E-state index < -0.39 is 5.92 Å². The van der Waals surface area contributed by atoms with E-state index in [4.69, 9.17) is 15.5 Å². The lowest BCUT2D eigenvalue weighted by molar-refractivity contribution is -0.0102. The molecule has 4 rings (SSSR count). The highest BCUT2D eigenvalue weighted by molar-refractivity contribution is 5.64. The lowest BCUT2D eigenvalue weighted by Gasteiger charge is -2.38. The topological polar surface area (TPSA) is 93.3 Å². The first-order valence-electron chi connectivity index (χ1n) is 10.3. The van der Waals surface area contributed by atoms with Crippen LogP contribution in [0.15, 0.2) is 18.5 Å². The van der Waals surface area contributed by atoms with E-state index in [1.807, 2.05) is 17.9 Å². The molecular weight excluding hydrogens is 392 g/mol. The molecule has 0 radical (unpaired) electrons. The molecule has 4 heterocycles. The van der Waals surface area contributed by atoms with E-state index in [1.54, 1.807) is 12.4 Å². The van der Waals surface area contributed by atoms with Crippen LogP contribution < -0.4 is 15.5 Å². The van der Waals surface area contributed by atoms with Crippen LogP contribution >= 0.6 is 0 Å². The average Bonchev–Trinajstić information content (AvgIpc) is 2.90. The van der Waals surface area contributed by atoms with Crippen LogP contribution in [0.1, 0.15) is 33.1 Å². The maximum atomic E-state index is 13.9. The van der Waals surface area contributed by atoms with E-state index in [0.717, 1.165) is 5.82 Å². The summed E-state index contributed by atoms with van der Waals surface area (Å²) in [6.07, 6.45) is 3.37. The second-order valence-electron chi connectivity index (χ2n) is 8.08. The number of hydrogen-bond acceptors (Lipinski definition) is 8. The van der Waals surface area contributed by atoms with Crippen molar-refractivity contribution in [1.82, 2.24) is 19.9 Å². The van der Waals surface area contributed by atoms with Crippen molar-refractivity contribution in [3.8, 4) is 11.3 Å². The van der Waals surface area contributed by atoms with Gasteiger partial charge in [-0.2, -0.15) is 4.98 Å². The van der Waals surface area contributed by atoms with Crippen molar-refractivity contribution in [1.29, 1.82) is 0 Å². The maximum absolute atomic E-state index is 13.9. The molecule has 10 heteroatoms. The Morgan fingerprint density at radius 3 is 2.67 bits per heavy atom. The summed E-state index contributed by atoms with van der Waals surface area (Å²) in [5.74, 6) is -1.28. The Bertz CT molecular complexity index is 880. The number of aromatic nitrogens is 4. The van der Waals surface area contributed by atoms with Gasteiger partial charge in [0, 0.05) is 56.5 Å². The van der Waals surface area contributed by atoms with Crippen LogP contribution in [-0.4, -0.2) is 64.2 Å². The summed E-state index contributed by atoms with van der Waals surface area (Å²) in [6, 6.07) is 2.02. The third-order valence-corrected chi connectivity index (χ3v) is 5.57. The molecule has 2 aliphatic rings. The van der Waals surface area contributed by atoms with Crippen LogP contribution in [0.2, 0.25) is 0 Å². The monoisotopic (exact) mass is 419 g/mol. The molecule has 2 aliphatic heterocycles. The van der Waals surface area contributed by atoms with Crippen molar-refractivity contribution in [3.05, 3.63) is 18.5 Å². The third-order valence-electron chi connectivity index (χ3n) is 5.57. The SMILES string of the molecule is C[C@H]1CN(c2cc(-c3cnc(N)nc3)nc(N3CCCC(F)(F)CC3)n2)[C@@H](C)CO1. The second-order valence-corrected chi connectivity index (χ2v) is 8.08. The number of rotatable bonds is 3. The van der Waals surface area contributed by atoms with Gasteiger partial charge in [0.05, 0.1) is 24.4 Å². The smallest absolute Gasteiger partial charge is 0.249 e. The Kier molecular flexibility index (Phi) is 5.68. The molecule has 162 valence electrons. The minimum absolute atomic E-state index is 0.0693. The van der Waals surface area contributed by atoms with Gasteiger partial charge in [-0.1, -0.05) is 0 Å². The predicted octanol–water partition coefficient (Wildman–Crippen LogP) is 2.76. The van der Waals surface area contributed by atoms with Gasteiger partial charge in [0.25, 0.3) is 0 Å². The normalized spacial score (nSPS) is 24.5. The van der Waals surface area contributed by atoms with Crippen molar-refractivity contribution < 1.29 is 13.5 Å². The fourth-order valence-corrected chi connectivity index (χ4v) is 3.82. The first kappa shape index (κ1) is 20.6. The Morgan fingerprint density at radius 2 is 1.90 bits per heavy atom. The Labute approximate surface area is 174 Å². The van der Waals surface area contributed by atoms with Crippen LogP contribution in [0.3, 0.4) is 0 Å². The minimum atomic E-state index is -2.64. The maximum Gasteiger partial charge on any atom is 0.249 e. The number of ether oxygens (including phenoxy) is 1. The Morgan fingerprint density at radius 1 is 1.13 bits per heavy atom. The van der Waals surface area contributed by atoms with Crippen molar-refractivity contribution in [2.75, 3.05) is 41.8 Å². The number of nitrogens with zero attached hydrogens (tertiary/aromatic N) is 6. The molecule has 2 aromatic rings. The summed E-state index contributed by atoms with van der Waals surface area (Å²) < 4.78 is 33.5. The highest BCUT2D eigenvalue weighted by Gasteiger charge is 2.33. The van der Waals surface area contributed by atoms with E-state index in [1.165, 1.54) is 0 Å². The zero-order valence-electron chi connectivity index (χ0n) is 17.3. The zero-order chi connectivity index (χ0) is 21.3. The van der Waals surface area contributed by atoms with Crippen molar-refractivity contribution in [2.45, 2.75) is 51.2 Å². The molecule has 2 N–H and O–H groups in total. The molecule has 2 saturated heterocycles. The number of hydrogen-bond donors (Lipinski definition) is 1.